The minimum Gasteiger partial charge on any atom is -0.305 e. The lowest BCUT2D eigenvalue weighted by atomic mass is 10.2. The summed E-state index contributed by atoms with van der Waals surface area (Å²) in [5, 5.41) is 0.0665. The number of benzene rings is 3. The number of para-hydroxylation sites is 1. The minimum absolute atomic E-state index is 0.0164. The first-order valence-electron chi connectivity index (χ1n) is 9.34. The third-order valence-electron chi connectivity index (χ3n) is 5.01. The number of carbonyl (C=O) groups excluding carboxylic acids is 1. The Morgan fingerprint density at radius 1 is 0.935 bits per heavy atom. The van der Waals surface area contributed by atoms with Gasteiger partial charge >= 0.3 is 0 Å². The maximum atomic E-state index is 14.3. The number of fused-ring (bicyclic) bond motifs is 1. The molecule has 0 spiro atoms. The van der Waals surface area contributed by atoms with E-state index in [9.17, 15) is 22.0 Å². The smallest absolute Gasteiger partial charge is 0.245 e. The van der Waals surface area contributed by atoms with E-state index in [0.717, 1.165) is 4.31 Å². The molecule has 3 aromatic rings. The number of halogens is 3. The molecule has 31 heavy (non-hydrogen) atoms. The van der Waals surface area contributed by atoms with Crippen LogP contribution in [0.1, 0.15) is 11.1 Å². The molecule has 4 rings (SSSR count). The summed E-state index contributed by atoms with van der Waals surface area (Å²) in [5.74, 6) is -1.65. The summed E-state index contributed by atoms with van der Waals surface area (Å²) in [4.78, 5) is 14.3. The van der Waals surface area contributed by atoms with Gasteiger partial charge in [0.15, 0.2) is 0 Å². The fourth-order valence-electron chi connectivity index (χ4n) is 3.48. The van der Waals surface area contributed by atoms with Gasteiger partial charge in [-0.3, -0.25) is 4.79 Å². The topological polar surface area (TPSA) is 57.7 Å². The van der Waals surface area contributed by atoms with E-state index in [2.05, 4.69) is 0 Å². The minimum atomic E-state index is -4.15. The number of sulfonamides is 1. The van der Waals surface area contributed by atoms with Crippen LogP contribution in [0, 0.1) is 11.6 Å². The standard InChI is InChI=1S/C22H17ClF2N2O3S/c23-18-7-4-8-19(25)17(18)13-26-14-22(28)27(12-15-5-3-6-16(24)11-15)20-9-1-2-10-21(20)31(26,29)30/h1-11H,12-14H2. The molecule has 0 aromatic heterocycles. The van der Waals surface area contributed by atoms with Gasteiger partial charge in [0.1, 0.15) is 16.5 Å². The molecule has 0 fully saturated rings. The maximum Gasteiger partial charge on any atom is 0.245 e. The Morgan fingerprint density at radius 3 is 2.42 bits per heavy atom. The van der Waals surface area contributed by atoms with Gasteiger partial charge in [-0.25, -0.2) is 17.2 Å². The van der Waals surface area contributed by atoms with E-state index >= 15 is 0 Å². The molecule has 0 bridgehead atoms. The molecule has 0 atom stereocenters. The first kappa shape index (κ1) is 21.4. The normalized spacial score (nSPS) is 16.1. The Kier molecular flexibility index (Phi) is 5.79. The van der Waals surface area contributed by atoms with Crippen LogP contribution >= 0.6 is 11.6 Å². The average molecular weight is 463 g/mol. The number of hydrogen-bond acceptors (Lipinski definition) is 3. The van der Waals surface area contributed by atoms with Crippen molar-refractivity contribution in [1.29, 1.82) is 0 Å². The molecule has 0 N–H and O–H groups in total. The van der Waals surface area contributed by atoms with Gasteiger partial charge < -0.3 is 4.90 Å². The molecule has 3 aromatic carbocycles. The largest absolute Gasteiger partial charge is 0.305 e. The molecule has 9 heteroatoms. The van der Waals surface area contributed by atoms with E-state index in [-0.39, 0.29) is 27.7 Å². The zero-order valence-electron chi connectivity index (χ0n) is 16.1. The predicted octanol–water partition coefficient (Wildman–Crippen LogP) is 4.36. The Balaban J connectivity index is 1.78. The number of amides is 1. The van der Waals surface area contributed by atoms with Crippen molar-refractivity contribution in [2.24, 2.45) is 0 Å². The Labute approximate surface area is 183 Å². The lowest BCUT2D eigenvalue weighted by Gasteiger charge is -2.22. The molecule has 1 aliphatic rings. The zero-order valence-corrected chi connectivity index (χ0v) is 17.7. The molecule has 0 unspecified atom stereocenters. The SMILES string of the molecule is O=C1CN(Cc2c(F)cccc2Cl)S(=O)(=O)c2ccccc2N1Cc1cccc(F)c1. The second-order valence-electron chi connectivity index (χ2n) is 7.05. The van der Waals surface area contributed by atoms with E-state index < -0.39 is 40.7 Å². The van der Waals surface area contributed by atoms with E-state index in [4.69, 9.17) is 11.6 Å². The van der Waals surface area contributed by atoms with Crippen molar-refractivity contribution >= 4 is 33.2 Å². The summed E-state index contributed by atoms with van der Waals surface area (Å²) in [7, 11) is -4.15. The lowest BCUT2D eigenvalue weighted by molar-refractivity contribution is -0.119. The number of hydrogen-bond donors (Lipinski definition) is 0. The summed E-state index contributed by atoms with van der Waals surface area (Å²) >= 11 is 6.08. The van der Waals surface area contributed by atoms with Crippen molar-refractivity contribution in [2.45, 2.75) is 18.0 Å². The van der Waals surface area contributed by atoms with Gasteiger partial charge in [0.05, 0.1) is 18.8 Å². The van der Waals surface area contributed by atoms with Crippen molar-refractivity contribution < 1.29 is 22.0 Å². The first-order valence-corrected chi connectivity index (χ1v) is 11.2. The highest BCUT2D eigenvalue weighted by Crippen LogP contribution is 2.34. The second-order valence-corrected chi connectivity index (χ2v) is 9.36. The van der Waals surface area contributed by atoms with Crippen LogP contribution in [0.15, 0.2) is 71.6 Å². The van der Waals surface area contributed by atoms with Crippen molar-refractivity contribution in [2.75, 3.05) is 11.4 Å². The van der Waals surface area contributed by atoms with Gasteiger partial charge in [-0.05, 0) is 42.0 Å². The molecule has 0 saturated heterocycles. The molecular weight excluding hydrogens is 446 g/mol. The van der Waals surface area contributed by atoms with E-state index in [1.807, 2.05) is 0 Å². The van der Waals surface area contributed by atoms with Gasteiger partial charge in [-0.2, -0.15) is 4.31 Å². The Morgan fingerprint density at radius 2 is 1.68 bits per heavy atom. The Bertz CT molecular complexity index is 1250. The summed E-state index contributed by atoms with van der Waals surface area (Å²) in [6.07, 6.45) is 0. The molecular formula is C22H17ClF2N2O3S. The second kappa shape index (κ2) is 8.37. The van der Waals surface area contributed by atoms with Crippen molar-refractivity contribution in [3.05, 3.63) is 94.5 Å². The van der Waals surface area contributed by atoms with Gasteiger partial charge in [-0.15, -0.1) is 0 Å². The summed E-state index contributed by atoms with van der Waals surface area (Å²) in [6, 6.07) is 15.8. The zero-order chi connectivity index (χ0) is 22.2. The van der Waals surface area contributed by atoms with Gasteiger partial charge in [-0.1, -0.05) is 41.9 Å². The van der Waals surface area contributed by atoms with Gasteiger partial charge in [0, 0.05) is 17.1 Å². The van der Waals surface area contributed by atoms with Crippen molar-refractivity contribution in [3.8, 4) is 0 Å². The van der Waals surface area contributed by atoms with Crippen LogP contribution in [-0.2, 0) is 27.9 Å². The number of carbonyl (C=O) groups is 1. The fraction of sp³-hybridized carbons (Fsp3) is 0.136. The van der Waals surface area contributed by atoms with Crippen LogP contribution < -0.4 is 4.90 Å². The van der Waals surface area contributed by atoms with Crippen LogP contribution in [0.5, 0.6) is 0 Å². The van der Waals surface area contributed by atoms with Crippen molar-refractivity contribution in [3.63, 3.8) is 0 Å². The molecule has 160 valence electrons. The average Bonchev–Trinajstić information content (AvgIpc) is 2.80. The lowest BCUT2D eigenvalue weighted by Crippen LogP contribution is -2.39. The molecule has 0 saturated carbocycles. The summed E-state index contributed by atoms with van der Waals surface area (Å²) in [6.45, 7) is -0.934. The number of rotatable bonds is 4. The molecule has 5 nitrogen and oxygen atoms in total. The third-order valence-corrected chi connectivity index (χ3v) is 7.21. The quantitative estimate of drug-likeness (QED) is 0.579. The highest BCUT2D eigenvalue weighted by Gasteiger charge is 2.37. The summed E-state index contributed by atoms with van der Waals surface area (Å²) < 4.78 is 55.6. The number of nitrogens with zero attached hydrogens (tertiary/aromatic N) is 2. The van der Waals surface area contributed by atoms with Crippen molar-refractivity contribution in [1.82, 2.24) is 4.31 Å². The molecule has 0 radical (unpaired) electrons. The monoisotopic (exact) mass is 462 g/mol. The van der Waals surface area contributed by atoms with E-state index in [1.54, 1.807) is 18.2 Å². The van der Waals surface area contributed by atoms with E-state index in [0.29, 0.717) is 5.56 Å². The highest BCUT2D eigenvalue weighted by molar-refractivity contribution is 7.89. The summed E-state index contributed by atoms with van der Waals surface area (Å²) in [5.41, 5.74) is 0.668. The first-order chi connectivity index (χ1) is 14.8. The highest BCUT2D eigenvalue weighted by atomic mass is 35.5. The third kappa shape index (κ3) is 4.19. The Hall–Kier alpha value is -2.81. The molecule has 1 heterocycles. The van der Waals surface area contributed by atoms with Crippen LogP contribution in [-0.4, -0.2) is 25.2 Å². The van der Waals surface area contributed by atoms with Crippen LogP contribution in [0.4, 0.5) is 14.5 Å². The van der Waals surface area contributed by atoms with Crippen LogP contribution in [0.25, 0.3) is 0 Å². The van der Waals surface area contributed by atoms with Crippen LogP contribution in [0.2, 0.25) is 5.02 Å². The van der Waals surface area contributed by atoms with E-state index in [1.165, 1.54) is 53.4 Å². The van der Waals surface area contributed by atoms with Crippen LogP contribution in [0.3, 0.4) is 0 Å². The molecule has 1 amide bonds. The predicted molar refractivity (Wildman–Crippen MR) is 113 cm³/mol. The fourth-order valence-corrected chi connectivity index (χ4v) is 5.26. The van der Waals surface area contributed by atoms with Gasteiger partial charge in [0.2, 0.25) is 15.9 Å². The number of anilines is 1. The molecule has 1 aliphatic heterocycles. The maximum absolute atomic E-state index is 14.3. The van der Waals surface area contributed by atoms with Gasteiger partial charge in [0.25, 0.3) is 0 Å². The molecule has 0 aliphatic carbocycles.